The number of hydrogen-bond acceptors (Lipinski definition) is 2. The second kappa shape index (κ2) is 3.17. The number of carbonyl (C=O) groups is 1. The van der Waals surface area contributed by atoms with Gasteiger partial charge in [0.25, 0.3) is 0 Å². The molecule has 1 aromatic heterocycles. The molecule has 1 fully saturated rings. The summed E-state index contributed by atoms with van der Waals surface area (Å²) in [7, 11) is 0. The maximum absolute atomic E-state index is 10.5. The van der Waals surface area contributed by atoms with Gasteiger partial charge in [-0.2, -0.15) is 0 Å². The molecule has 1 N–H and O–H groups in total. The molecule has 3 heteroatoms. The predicted molar refractivity (Wildman–Crippen MR) is 47.3 cm³/mol. The Bertz CT molecular complexity index is 304. The minimum Gasteiger partial charge on any atom is -0.481 e. The molecule has 3 nitrogen and oxygen atoms in total. The van der Waals surface area contributed by atoms with E-state index >= 15 is 0 Å². The molecule has 0 atom stereocenters. The lowest BCUT2D eigenvalue weighted by Crippen LogP contribution is -2.29. The Balaban J connectivity index is 1.98. The fourth-order valence-corrected chi connectivity index (χ4v) is 1.68. The number of aliphatic carboxylic acids is 1. The van der Waals surface area contributed by atoms with Crippen LogP contribution in [0.1, 0.15) is 24.5 Å². The van der Waals surface area contributed by atoms with Crippen molar-refractivity contribution in [2.24, 2.45) is 5.92 Å². The Morgan fingerprint density at radius 1 is 1.46 bits per heavy atom. The van der Waals surface area contributed by atoms with Crippen LogP contribution < -0.4 is 0 Å². The van der Waals surface area contributed by atoms with Crippen molar-refractivity contribution in [2.75, 3.05) is 0 Å². The highest BCUT2D eigenvalue weighted by atomic mass is 16.4. The van der Waals surface area contributed by atoms with E-state index in [1.54, 1.807) is 6.20 Å². The average Bonchev–Trinajstić information content (AvgIpc) is 2.02. The molecular weight excluding hydrogens is 166 g/mol. The largest absolute Gasteiger partial charge is 0.481 e. The van der Waals surface area contributed by atoms with E-state index in [1.807, 2.05) is 18.2 Å². The van der Waals surface area contributed by atoms with Crippen LogP contribution in [0.3, 0.4) is 0 Å². The first-order valence-electron chi connectivity index (χ1n) is 4.41. The number of pyridine rings is 1. The quantitative estimate of drug-likeness (QED) is 0.747. The number of hydrogen-bond donors (Lipinski definition) is 1. The topological polar surface area (TPSA) is 50.2 Å². The molecule has 0 radical (unpaired) electrons. The van der Waals surface area contributed by atoms with Gasteiger partial charge in [-0.1, -0.05) is 6.07 Å². The van der Waals surface area contributed by atoms with Gasteiger partial charge in [0.15, 0.2) is 0 Å². The molecule has 0 saturated heterocycles. The molecule has 68 valence electrons. The van der Waals surface area contributed by atoms with Crippen LogP contribution in [0.25, 0.3) is 0 Å². The molecule has 1 heterocycles. The molecule has 0 aromatic carbocycles. The average molecular weight is 177 g/mol. The Morgan fingerprint density at radius 2 is 2.23 bits per heavy atom. The molecule has 0 bridgehead atoms. The number of rotatable bonds is 2. The maximum Gasteiger partial charge on any atom is 0.306 e. The molecule has 1 saturated carbocycles. The highest BCUT2D eigenvalue weighted by Gasteiger charge is 2.35. The van der Waals surface area contributed by atoms with Crippen molar-refractivity contribution in [1.82, 2.24) is 4.98 Å². The molecule has 0 aliphatic heterocycles. The highest BCUT2D eigenvalue weighted by molar-refractivity contribution is 5.71. The van der Waals surface area contributed by atoms with Gasteiger partial charge in [0.2, 0.25) is 0 Å². The Labute approximate surface area is 76.4 Å². The lowest BCUT2D eigenvalue weighted by Gasteiger charge is -2.31. The van der Waals surface area contributed by atoms with Gasteiger partial charge in [0.1, 0.15) is 0 Å². The van der Waals surface area contributed by atoms with Crippen molar-refractivity contribution in [2.45, 2.75) is 18.8 Å². The zero-order valence-electron chi connectivity index (χ0n) is 7.18. The van der Waals surface area contributed by atoms with E-state index in [1.165, 1.54) is 0 Å². The van der Waals surface area contributed by atoms with Crippen LogP contribution >= 0.6 is 0 Å². The van der Waals surface area contributed by atoms with E-state index in [4.69, 9.17) is 5.11 Å². The molecule has 2 rings (SSSR count). The Hall–Kier alpha value is -1.38. The number of carboxylic acids is 1. The van der Waals surface area contributed by atoms with Gasteiger partial charge in [-0.3, -0.25) is 9.78 Å². The standard InChI is InChI=1S/C10H11NO2/c12-10(13)8-5-7(6-8)9-3-1-2-4-11-9/h1-4,7-8H,5-6H2,(H,12,13). The summed E-state index contributed by atoms with van der Waals surface area (Å²) >= 11 is 0. The Kier molecular flexibility index (Phi) is 2.00. The molecule has 0 spiro atoms. The predicted octanol–water partition coefficient (Wildman–Crippen LogP) is 1.66. The third-order valence-electron chi connectivity index (χ3n) is 2.59. The third kappa shape index (κ3) is 1.54. The first-order valence-corrected chi connectivity index (χ1v) is 4.41. The van der Waals surface area contributed by atoms with E-state index in [0.717, 1.165) is 18.5 Å². The van der Waals surface area contributed by atoms with Gasteiger partial charge in [0, 0.05) is 17.8 Å². The molecule has 0 amide bonds. The summed E-state index contributed by atoms with van der Waals surface area (Å²) in [6, 6.07) is 5.77. The zero-order chi connectivity index (χ0) is 9.26. The molecule has 1 aliphatic carbocycles. The van der Waals surface area contributed by atoms with Gasteiger partial charge in [-0.25, -0.2) is 0 Å². The summed E-state index contributed by atoms with van der Waals surface area (Å²) in [6.07, 6.45) is 3.24. The summed E-state index contributed by atoms with van der Waals surface area (Å²) in [5.41, 5.74) is 1.03. The molecule has 13 heavy (non-hydrogen) atoms. The van der Waals surface area contributed by atoms with Gasteiger partial charge in [0.05, 0.1) is 5.92 Å². The normalized spacial score (nSPS) is 26.5. The first kappa shape index (κ1) is 8.23. The summed E-state index contributed by atoms with van der Waals surface area (Å²) in [5, 5.41) is 8.68. The fraction of sp³-hybridized carbons (Fsp3) is 0.400. The van der Waals surface area contributed by atoms with E-state index in [9.17, 15) is 4.79 Å². The summed E-state index contributed by atoms with van der Waals surface area (Å²) in [6.45, 7) is 0. The van der Waals surface area contributed by atoms with Crippen molar-refractivity contribution in [3.05, 3.63) is 30.1 Å². The smallest absolute Gasteiger partial charge is 0.306 e. The van der Waals surface area contributed by atoms with E-state index in [0.29, 0.717) is 5.92 Å². The molecule has 0 unspecified atom stereocenters. The zero-order valence-corrected chi connectivity index (χ0v) is 7.18. The van der Waals surface area contributed by atoms with E-state index in [2.05, 4.69) is 4.98 Å². The molecular formula is C10H11NO2. The lowest BCUT2D eigenvalue weighted by atomic mass is 9.73. The van der Waals surface area contributed by atoms with Crippen LogP contribution in [0.5, 0.6) is 0 Å². The SMILES string of the molecule is O=C(O)C1CC(c2ccccn2)C1. The molecule has 1 aliphatic rings. The van der Waals surface area contributed by atoms with Crippen LogP contribution in [0.4, 0.5) is 0 Å². The van der Waals surface area contributed by atoms with Crippen LogP contribution in [0.15, 0.2) is 24.4 Å². The minimum absolute atomic E-state index is 0.146. The van der Waals surface area contributed by atoms with Gasteiger partial charge < -0.3 is 5.11 Å². The first-order chi connectivity index (χ1) is 6.27. The lowest BCUT2D eigenvalue weighted by molar-refractivity contribution is -0.145. The van der Waals surface area contributed by atoms with E-state index in [-0.39, 0.29) is 5.92 Å². The molecule has 1 aromatic rings. The summed E-state index contributed by atoms with van der Waals surface area (Å²) in [5.74, 6) is -0.457. The van der Waals surface area contributed by atoms with Crippen LogP contribution in [0, 0.1) is 5.92 Å². The second-order valence-corrected chi connectivity index (χ2v) is 3.46. The van der Waals surface area contributed by atoms with Gasteiger partial charge in [-0.15, -0.1) is 0 Å². The van der Waals surface area contributed by atoms with Crippen molar-refractivity contribution in [1.29, 1.82) is 0 Å². The highest BCUT2D eigenvalue weighted by Crippen LogP contribution is 2.40. The van der Waals surface area contributed by atoms with Gasteiger partial charge in [-0.05, 0) is 25.0 Å². The summed E-state index contributed by atoms with van der Waals surface area (Å²) < 4.78 is 0. The van der Waals surface area contributed by atoms with Crippen molar-refractivity contribution in [3.63, 3.8) is 0 Å². The maximum atomic E-state index is 10.5. The number of carboxylic acid groups (broad SMARTS) is 1. The second-order valence-electron chi connectivity index (χ2n) is 3.46. The number of nitrogens with zero attached hydrogens (tertiary/aromatic N) is 1. The fourth-order valence-electron chi connectivity index (χ4n) is 1.68. The van der Waals surface area contributed by atoms with Crippen LogP contribution in [-0.2, 0) is 4.79 Å². The monoisotopic (exact) mass is 177 g/mol. The van der Waals surface area contributed by atoms with Gasteiger partial charge >= 0.3 is 5.97 Å². The van der Waals surface area contributed by atoms with Crippen molar-refractivity contribution in [3.8, 4) is 0 Å². The van der Waals surface area contributed by atoms with E-state index < -0.39 is 5.97 Å². The summed E-state index contributed by atoms with van der Waals surface area (Å²) in [4.78, 5) is 14.7. The van der Waals surface area contributed by atoms with Crippen molar-refractivity contribution >= 4 is 5.97 Å². The third-order valence-corrected chi connectivity index (χ3v) is 2.59. The Morgan fingerprint density at radius 3 is 2.77 bits per heavy atom. The van der Waals surface area contributed by atoms with Crippen LogP contribution in [0.2, 0.25) is 0 Å². The van der Waals surface area contributed by atoms with Crippen LogP contribution in [-0.4, -0.2) is 16.1 Å². The minimum atomic E-state index is -0.674. The number of aromatic nitrogens is 1. The van der Waals surface area contributed by atoms with Crippen molar-refractivity contribution < 1.29 is 9.90 Å².